The summed E-state index contributed by atoms with van der Waals surface area (Å²) in [6, 6.07) is 0. The summed E-state index contributed by atoms with van der Waals surface area (Å²) in [5.74, 6) is 0.196. The van der Waals surface area contributed by atoms with Gasteiger partial charge in [0.15, 0.2) is 0 Å². The average Bonchev–Trinajstić information content (AvgIpc) is 2.23. The molecule has 0 aliphatic heterocycles. The van der Waals surface area contributed by atoms with Crippen molar-refractivity contribution in [2.24, 2.45) is 11.8 Å². The summed E-state index contributed by atoms with van der Waals surface area (Å²) in [4.78, 5) is 19.8. The number of carbonyl (C=O) groups is 2. The molecule has 2 N–H and O–H groups in total. The van der Waals surface area contributed by atoms with E-state index in [2.05, 4.69) is 27.7 Å². The molecule has 2 radical (unpaired) electrons. The fourth-order valence-corrected chi connectivity index (χ4v) is 4.98. The van der Waals surface area contributed by atoms with Crippen molar-refractivity contribution < 1.29 is 19.8 Å². The van der Waals surface area contributed by atoms with Crippen LogP contribution in [0, 0.1) is 11.8 Å². The molecule has 0 aliphatic carbocycles. The Morgan fingerprint density at radius 3 is 1.37 bits per heavy atom. The molecule has 0 fully saturated rings. The van der Waals surface area contributed by atoms with Gasteiger partial charge in [-0.25, -0.2) is 0 Å². The number of unbranched alkanes of at least 4 members (excludes halogenated alkanes) is 1. The maximum atomic E-state index is 9.90. The first-order chi connectivity index (χ1) is 8.75. The van der Waals surface area contributed by atoms with Gasteiger partial charge in [-0.1, -0.05) is 0 Å². The van der Waals surface area contributed by atoms with Crippen LogP contribution in [-0.4, -0.2) is 43.3 Å². The van der Waals surface area contributed by atoms with Crippen molar-refractivity contribution in [2.75, 3.05) is 0 Å². The van der Waals surface area contributed by atoms with E-state index in [0.717, 1.165) is 11.8 Å². The van der Waals surface area contributed by atoms with Crippen LogP contribution in [0.1, 0.15) is 53.4 Å². The van der Waals surface area contributed by atoms with E-state index in [-0.39, 0.29) is 34.0 Å². The van der Waals surface area contributed by atoms with Crippen LogP contribution in [0.3, 0.4) is 0 Å². The van der Waals surface area contributed by atoms with E-state index in [9.17, 15) is 9.59 Å². The van der Waals surface area contributed by atoms with Crippen LogP contribution in [0.5, 0.6) is 0 Å². The van der Waals surface area contributed by atoms with Crippen LogP contribution < -0.4 is 0 Å². The van der Waals surface area contributed by atoms with Gasteiger partial charge in [0.25, 0.3) is 0 Å². The van der Waals surface area contributed by atoms with E-state index < -0.39 is 11.9 Å². The van der Waals surface area contributed by atoms with Crippen molar-refractivity contribution in [1.82, 2.24) is 0 Å². The summed E-state index contributed by atoms with van der Waals surface area (Å²) < 4.78 is 3.14. The van der Waals surface area contributed by atoms with Crippen molar-refractivity contribution in [3.8, 4) is 0 Å². The number of hydrogen-bond donors (Lipinski definition) is 2. The van der Waals surface area contributed by atoms with Crippen LogP contribution in [0.4, 0.5) is 0 Å². The summed E-state index contributed by atoms with van der Waals surface area (Å²) in [7, 11) is 0. The van der Waals surface area contributed by atoms with Crippen LogP contribution in [0.15, 0.2) is 0 Å². The quantitative estimate of drug-likeness (QED) is 0.475. The van der Waals surface area contributed by atoms with Crippen LogP contribution in [-0.2, 0) is 9.59 Å². The SMILES string of the molecule is CC(C)[CH2][Sn][CH2]C(C)C.O=C(O)CCCCC(=O)O. The predicted molar refractivity (Wildman–Crippen MR) is 78.8 cm³/mol. The van der Waals surface area contributed by atoms with Crippen LogP contribution in [0.2, 0.25) is 8.87 Å². The molecule has 0 amide bonds. The zero-order valence-corrected chi connectivity index (χ0v) is 15.5. The van der Waals surface area contributed by atoms with Gasteiger partial charge in [0.2, 0.25) is 0 Å². The van der Waals surface area contributed by atoms with Gasteiger partial charge >= 0.3 is 81.5 Å². The fraction of sp³-hybridized carbons (Fsp3) is 0.857. The Labute approximate surface area is 127 Å². The third-order valence-corrected chi connectivity index (χ3v) is 8.45. The maximum absolute atomic E-state index is 9.90. The second-order valence-corrected chi connectivity index (χ2v) is 9.20. The van der Waals surface area contributed by atoms with Crippen molar-refractivity contribution in [3.05, 3.63) is 0 Å². The van der Waals surface area contributed by atoms with Gasteiger partial charge in [0.05, 0.1) is 0 Å². The molecule has 0 aromatic heterocycles. The van der Waals surface area contributed by atoms with E-state index in [1.807, 2.05) is 0 Å². The van der Waals surface area contributed by atoms with Crippen molar-refractivity contribution >= 4 is 33.1 Å². The molecule has 5 heteroatoms. The van der Waals surface area contributed by atoms with Gasteiger partial charge in [-0.15, -0.1) is 0 Å². The van der Waals surface area contributed by atoms with E-state index in [1.54, 1.807) is 8.87 Å². The summed E-state index contributed by atoms with van der Waals surface area (Å²) in [6.45, 7) is 9.34. The summed E-state index contributed by atoms with van der Waals surface area (Å²) in [5.41, 5.74) is 0. The Morgan fingerprint density at radius 2 is 1.16 bits per heavy atom. The smallest absolute Gasteiger partial charge is 0.303 e. The molecule has 0 atom stereocenters. The molecule has 0 saturated carbocycles. The topological polar surface area (TPSA) is 74.6 Å². The molecule has 0 aliphatic rings. The molecule has 4 nitrogen and oxygen atoms in total. The molecule has 0 unspecified atom stereocenters. The monoisotopic (exact) mass is 380 g/mol. The van der Waals surface area contributed by atoms with Crippen LogP contribution in [0.25, 0.3) is 0 Å². The van der Waals surface area contributed by atoms with Gasteiger partial charge in [-0.2, -0.15) is 0 Å². The zero-order chi connectivity index (χ0) is 15.3. The second-order valence-electron chi connectivity index (χ2n) is 5.44. The third-order valence-electron chi connectivity index (χ3n) is 2.14. The van der Waals surface area contributed by atoms with Gasteiger partial charge in [0, 0.05) is 12.8 Å². The van der Waals surface area contributed by atoms with Crippen molar-refractivity contribution in [2.45, 2.75) is 62.3 Å². The summed E-state index contributed by atoms with van der Waals surface area (Å²) in [6.07, 6.45) is 1.02. The largest absolute Gasteiger partial charge is 0.481 e. The Bertz CT molecular complexity index is 216. The van der Waals surface area contributed by atoms with Gasteiger partial charge in [-0.05, 0) is 12.8 Å². The number of hydrogen-bond acceptors (Lipinski definition) is 2. The molecular formula is C14H28O4Sn. The maximum Gasteiger partial charge on any atom is 0.303 e. The summed E-state index contributed by atoms with van der Waals surface area (Å²) >= 11 is 0.0709. The first-order valence-corrected chi connectivity index (χ1v) is 10.9. The molecule has 0 spiro atoms. The Kier molecular flexibility index (Phi) is 15.7. The van der Waals surface area contributed by atoms with E-state index >= 15 is 0 Å². The Balaban J connectivity index is 0. The molecule has 0 bridgehead atoms. The first kappa shape index (κ1) is 21.0. The molecule has 112 valence electrons. The number of aliphatic carboxylic acids is 2. The van der Waals surface area contributed by atoms with E-state index in [1.165, 1.54) is 0 Å². The van der Waals surface area contributed by atoms with Crippen molar-refractivity contribution in [1.29, 1.82) is 0 Å². The first-order valence-electron chi connectivity index (χ1n) is 6.90. The molecule has 0 rings (SSSR count). The zero-order valence-electron chi connectivity index (χ0n) is 12.6. The predicted octanol–water partition coefficient (Wildman–Crippen LogP) is 3.56. The van der Waals surface area contributed by atoms with E-state index in [0.29, 0.717) is 12.8 Å². The normalized spacial score (nSPS) is 10.2. The fourth-order valence-electron chi connectivity index (χ4n) is 1.21. The number of carboxylic acids is 2. The Hall–Kier alpha value is -0.261. The van der Waals surface area contributed by atoms with Crippen molar-refractivity contribution in [3.63, 3.8) is 0 Å². The molecule has 0 heterocycles. The van der Waals surface area contributed by atoms with Gasteiger partial charge in [0.1, 0.15) is 0 Å². The number of rotatable bonds is 9. The minimum atomic E-state index is -0.870. The molecule has 19 heavy (non-hydrogen) atoms. The molecule has 0 saturated heterocycles. The second kappa shape index (κ2) is 14.2. The van der Waals surface area contributed by atoms with Crippen LogP contribution >= 0.6 is 0 Å². The minimum Gasteiger partial charge on any atom is -0.481 e. The molecule has 0 aromatic rings. The average molecular weight is 379 g/mol. The standard InChI is InChI=1S/C6H10O4.2C4H9.Sn/c7-5(8)3-1-2-4-6(9)10;2*1-4(2)3;/h1-4H2,(H,7,8)(H,9,10);2*4H,1H2,2-3H3;. The number of carboxylic acid groups (broad SMARTS) is 2. The molecule has 0 aromatic carbocycles. The van der Waals surface area contributed by atoms with Gasteiger partial charge < -0.3 is 10.2 Å². The molecular weight excluding hydrogens is 351 g/mol. The summed E-state index contributed by atoms with van der Waals surface area (Å²) in [5, 5.41) is 16.3. The minimum absolute atomic E-state index is 0.0628. The van der Waals surface area contributed by atoms with E-state index in [4.69, 9.17) is 10.2 Å². The van der Waals surface area contributed by atoms with Gasteiger partial charge in [-0.3, -0.25) is 9.59 Å². The Morgan fingerprint density at radius 1 is 0.842 bits per heavy atom. The third kappa shape index (κ3) is 27.1.